The van der Waals surface area contributed by atoms with Crippen molar-refractivity contribution in [2.45, 2.75) is 52.8 Å². The molecule has 6 nitrogen and oxygen atoms in total. The van der Waals surface area contributed by atoms with Crippen molar-refractivity contribution >= 4 is 27.1 Å². The minimum Gasteiger partial charge on any atom is -0.382 e. The van der Waals surface area contributed by atoms with Gasteiger partial charge < -0.3 is 19.6 Å². The van der Waals surface area contributed by atoms with Crippen LogP contribution in [0, 0.1) is 12.7 Å². The van der Waals surface area contributed by atoms with Gasteiger partial charge in [0.25, 0.3) is 0 Å². The molecular weight excluding hydrogens is 503 g/mol. The number of aryl methyl sites for hydroxylation is 1. The van der Waals surface area contributed by atoms with E-state index < -0.39 is 16.2 Å². The molecule has 0 fully saturated rings. The smallest absolute Gasteiger partial charge is 0.311 e. The molecule has 1 heterocycles. The molecule has 1 atom stereocenters. The summed E-state index contributed by atoms with van der Waals surface area (Å²) < 4.78 is 49.0. The molecule has 38 heavy (non-hydrogen) atoms. The Morgan fingerprint density at radius 2 is 1.76 bits per heavy atom. The minimum absolute atomic E-state index is 0.187. The molecule has 0 radical (unpaired) electrons. The van der Waals surface area contributed by atoms with E-state index >= 15 is 0 Å². The number of fused-ring (bicyclic) bond motifs is 1. The standard InChI is InChI=1S/C30H35FN2O4S/c1-19-7-10-23(31)15-28(19)32-17-26-25(13-14-27-29(26)20(2)16-30(4,5)33-27)22-8-11-24(12-9-22)37-38(34,35)18-21(3)36-6/h7-16,21,32-33H,17-18H2,1-6H3. The average Bonchev–Trinajstić information content (AvgIpc) is 2.83. The fourth-order valence-corrected chi connectivity index (χ4v) is 6.03. The van der Waals surface area contributed by atoms with Crippen LogP contribution in [0.4, 0.5) is 15.8 Å². The molecule has 1 aliphatic rings. The highest BCUT2D eigenvalue weighted by molar-refractivity contribution is 7.87. The van der Waals surface area contributed by atoms with Crippen LogP contribution in [0.2, 0.25) is 0 Å². The molecule has 0 saturated carbocycles. The molecule has 3 aromatic rings. The largest absolute Gasteiger partial charge is 0.382 e. The van der Waals surface area contributed by atoms with Gasteiger partial charge >= 0.3 is 10.1 Å². The predicted molar refractivity (Wildman–Crippen MR) is 153 cm³/mol. The molecule has 4 rings (SSSR count). The molecule has 0 aromatic heterocycles. The first kappa shape index (κ1) is 27.7. The fourth-order valence-electron chi connectivity index (χ4n) is 4.85. The number of ether oxygens (including phenoxy) is 1. The first-order chi connectivity index (χ1) is 17.9. The van der Waals surface area contributed by atoms with E-state index in [-0.39, 0.29) is 22.9 Å². The summed E-state index contributed by atoms with van der Waals surface area (Å²) in [5, 5.41) is 7.03. The van der Waals surface area contributed by atoms with Crippen molar-refractivity contribution in [3.8, 4) is 16.9 Å². The maximum atomic E-state index is 14.0. The molecule has 0 saturated heterocycles. The van der Waals surface area contributed by atoms with Gasteiger partial charge in [-0.25, -0.2) is 4.39 Å². The van der Waals surface area contributed by atoms with Crippen LogP contribution in [0.25, 0.3) is 16.7 Å². The van der Waals surface area contributed by atoms with Gasteiger partial charge in [0.1, 0.15) is 17.3 Å². The van der Waals surface area contributed by atoms with Gasteiger partial charge in [-0.3, -0.25) is 0 Å². The minimum atomic E-state index is -3.79. The van der Waals surface area contributed by atoms with Crippen LogP contribution in [0.3, 0.4) is 0 Å². The number of allylic oxidation sites excluding steroid dienone is 1. The van der Waals surface area contributed by atoms with Crippen LogP contribution in [-0.2, 0) is 21.4 Å². The van der Waals surface area contributed by atoms with E-state index in [1.165, 1.54) is 19.2 Å². The van der Waals surface area contributed by atoms with Gasteiger partial charge in [0.05, 0.1) is 11.6 Å². The Bertz CT molecular complexity index is 1460. The van der Waals surface area contributed by atoms with Crippen molar-refractivity contribution in [1.82, 2.24) is 0 Å². The van der Waals surface area contributed by atoms with Gasteiger partial charge in [-0.05, 0) is 92.8 Å². The Morgan fingerprint density at radius 3 is 2.45 bits per heavy atom. The first-order valence-corrected chi connectivity index (χ1v) is 14.1. The molecular formula is C30H35FN2O4S. The normalized spacial score (nSPS) is 15.2. The van der Waals surface area contributed by atoms with Crippen molar-refractivity contribution < 1.29 is 21.7 Å². The van der Waals surface area contributed by atoms with E-state index in [1.54, 1.807) is 25.1 Å². The van der Waals surface area contributed by atoms with E-state index in [4.69, 9.17) is 8.92 Å². The van der Waals surface area contributed by atoms with Crippen LogP contribution in [-0.4, -0.2) is 32.9 Å². The SMILES string of the molecule is COC(C)CS(=O)(=O)Oc1ccc(-c2ccc3c(c2CNc2cc(F)ccc2C)C(C)=CC(C)(C)N3)cc1. The van der Waals surface area contributed by atoms with Crippen LogP contribution >= 0.6 is 0 Å². The van der Waals surface area contributed by atoms with Gasteiger partial charge in [-0.1, -0.05) is 30.3 Å². The highest BCUT2D eigenvalue weighted by Gasteiger charge is 2.26. The zero-order valence-electron chi connectivity index (χ0n) is 22.7. The maximum absolute atomic E-state index is 14.0. The zero-order chi connectivity index (χ0) is 27.7. The summed E-state index contributed by atoms with van der Waals surface area (Å²) in [6.45, 7) is 10.4. The Hall–Kier alpha value is -3.36. The number of hydrogen-bond acceptors (Lipinski definition) is 6. The van der Waals surface area contributed by atoms with Crippen molar-refractivity contribution in [2.24, 2.45) is 0 Å². The zero-order valence-corrected chi connectivity index (χ0v) is 23.5. The van der Waals surface area contributed by atoms with E-state index in [2.05, 4.69) is 49.6 Å². The lowest BCUT2D eigenvalue weighted by Crippen LogP contribution is -2.32. The lowest BCUT2D eigenvalue weighted by molar-refractivity contribution is 0.135. The number of benzene rings is 3. The summed E-state index contributed by atoms with van der Waals surface area (Å²) in [7, 11) is -2.33. The van der Waals surface area contributed by atoms with Crippen LogP contribution in [0.5, 0.6) is 5.75 Å². The number of rotatable bonds is 9. The Kier molecular flexibility index (Phi) is 7.85. The van der Waals surface area contributed by atoms with E-state index in [0.717, 1.165) is 44.8 Å². The topological polar surface area (TPSA) is 76.7 Å². The van der Waals surface area contributed by atoms with Crippen molar-refractivity contribution in [1.29, 1.82) is 0 Å². The van der Waals surface area contributed by atoms with E-state index in [0.29, 0.717) is 6.54 Å². The predicted octanol–water partition coefficient (Wildman–Crippen LogP) is 6.76. The highest BCUT2D eigenvalue weighted by atomic mass is 32.2. The van der Waals surface area contributed by atoms with Gasteiger partial charge in [0, 0.05) is 30.6 Å². The van der Waals surface area contributed by atoms with Gasteiger partial charge in [0.15, 0.2) is 0 Å². The number of anilines is 2. The Morgan fingerprint density at radius 1 is 1.05 bits per heavy atom. The lowest BCUT2D eigenvalue weighted by Gasteiger charge is -2.33. The molecule has 0 amide bonds. The van der Waals surface area contributed by atoms with E-state index in [9.17, 15) is 12.8 Å². The van der Waals surface area contributed by atoms with Crippen LogP contribution < -0.4 is 14.8 Å². The quantitative estimate of drug-likeness (QED) is 0.293. The third-order valence-electron chi connectivity index (χ3n) is 6.63. The third kappa shape index (κ3) is 6.37. The molecule has 1 unspecified atom stereocenters. The number of methoxy groups -OCH3 is 1. The molecule has 202 valence electrons. The van der Waals surface area contributed by atoms with Gasteiger partial charge in [0.2, 0.25) is 0 Å². The monoisotopic (exact) mass is 538 g/mol. The molecule has 1 aliphatic heterocycles. The van der Waals surface area contributed by atoms with Crippen LogP contribution in [0.15, 0.2) is 60.7 Å². The lowest BCUT2D eigenvalue weighted by atomic mass is 9.85. The second kappa shape index (κ2) is 10.8. The van der Waals surface area contributed by atoms with Crippen molar-refractivity contribution in [2.75, 3.05) is 23.5 Å². The highest BCUT2D eigenvalue weighted by Crippen LogP contribution is 2.41. The number of nitrogens with one attached hydrogen (secondary N) is 2. The summed E-state index contributed by atoms with van der Waals surface area (Å²) in [6.07, 6.45) is 1.74. The second-order valence-electron chi connectivity index (χ2n) is 10.4. The summed E-state index contributed by atoms with van der Waals surface area (Å²) in [6, 6.07) is 15.9. The summed E-state index contributed by atoms with van der Waals surface area (Å²) >= 11 is 0. The fraction of sp³-hybridized carbons (Fsp3) is 0.333. The summed E-state index contributed by atoms with van der Waals surface area (Å²) in [5.74, 6) is -0.289. The molecule has 0 bridgehead atoms. The van der Waals surface area contributed by atoms with E-state index in [1.807, 2.05) is 19.1 Å². The number of halogens is 1. The molecule has 8 heteroatoms. The molecule has 0 spiro atoms. The van der Waals surface area contributed by atoms with Gasteiger partial charge in [-0.15, -0.1) is 0 Å². The average molecular weight is 539 g/mol. The molecule has 2 N–H and O–H groups in total. The Balaban J connectivity index is 1.71. The maximum Gasteiger partial charge on any atom is 0.311 e. The summed E-state index contributed by atoms with van der Waals surface area (Å²) in [5.41, 5.74) is 7.73. The molecule has 0 aliphatic carbocycles. The number of hydrogen-bond donors (Lipinski definition) is 2. The second-order valence-corrected chi connectivity index (χ2v) is 12.0. The first-order valence-electron chi connectivity index (χ1n) is 12.6. The van der Waals surface area contributed by atoms with Crippen LogP contribution in [0.1, 0.15) is 44.4 Å². The summed E-state index contributed by atoms with van der Waals surface area (Å²) in [4.78, 5) is 0. The third-order valence-corrected chi connectivity index (χ3v) is 7.95. The van der Waals surface area contributed by atoms with Crippen molar-refractivity contribution in [3.05, 3.63) is 83.2 Å². The molecule has 3 aromatic carbocycles. The van der Waals surface area contributed by atoms with Gasteiger partial charge in [-0.2, -0.15) is 8.42 Å². The van der Waals surface area contributed by atoms with Crippen molar-refractivity contribution in [3.63, 3.8) is 0 Å². The Labute approximate surface area is 225 Å².